The third kappa shape index (κ3) is 3.20. The normalized spacial score (nSPS) is 18.9. The zero-order valence-corrected chi connectivity index (χ0v) is 10.5. The van der Waals surface area contributed by atoms with Gasteiger partial charge in [0.05, 0.1) is 29.5 Å². The fourth-order valence-corrected chi connectivity index (χ4v) is 1.95. The summed E-state index contributed by atoms with van der Waals surface area (Å²) >= 11 is 0. The van der Waals surface area contributed by atoms with E-state index < -0.39 is 17.6 Å². The van der Waals surface area contributed by atoms with E-state index >= 15 is 0 Å². The minimum Gasteiger partial charge on any atom is -0.379 e. The predicted octanol–water partition coefficient (Wildman–Crippen LogP) is 1.51. The summed E-state index contributed by atoms with van der Waals surface area (Å²) in [6.07, 6.45) is -3.88. The molecule has 8 heteroatoms. The Morgan fingerprint density at radius 1 is 1.40 bits per heavy atom. The number of amides is 1. The molecule has 1 saturated heterocycles. The molecule has 110 valence electrons. The van der Waals surface area contributed by atoms with Crippen LogP contribution in [0, 0.1) is 0 Å². The van der Waals surface area contributed by atoms with Gasteiger partial charge in [-0.25, -0.2) is 0 Å². The Kier molecular flexibility index (Phi) is 4.15. The first-order valence-corrected chi connectivity index (χ1v) is 5.98. The van der Waals surface area contributed by atoms with Crippen LogP contribution in [0.1, 0.15) is 22.3 Å². The average Bonchev–Trinajstić information content (AvgIpc) is 2.89. The van der Waals surface area contributed by atoms with Crippen molar-refractivity contribution in [3.05, 3.63) is 29.3 Å². The largest absolute Gasteiger partial charge is 0.416 e. The number of nitrogens with two attached hydrogens (primary N) is 1. The Morgan fingerprint density at radius 2 is 2.15 bits per heavy atom. The van der Waals surface area contributed by atoms with Crippen LogP contribution in [0.3, 0.4) is 0 Å². The molecule has 0 aliphatic carbocycles. The van der Waals surface area contributed by atoms with Crippen LogP contribution in [0.15, 0.2) is 18.2 Å². The molecular formula is C12H14F3N3O2. The summed E-state index contributed by atoms with van der Waals surface area (Å²) in [5, 5.41) is 2.62. The lowest BCUT2D eigenvalue weighted by Gasteiger charge is -2.15. The molecule has 0 aromatic heterocycles. The maximum absolute atomic E-state index is 12.7. The molecule has 20 heavy (non-hydrogen) atoms. The number of hydrogen-bond donors (Lipinski definition) is 3. The SMILES string of the molecule is NNc1ccc(C(F)(F)F)cc1C(=O)NC1CCOC1. The number of hydrazine groups is 1. The number of hydrogen-bond acceptors (Lipinski definition) is 4. The van der Waals surface area contributed by atoms with Gasteiger partial charge in [-0.1, -0.05) is 0 Å². The van der Waals surface area contributed by atoms with Gasteiger partial charge in [-0.2, -0.15) is 13.2 Å². The van der Waals surface area contributed by atoms with Crippen LogP contribution < -0.4 is 16.6 Å². The van der Waals surface area contributed by atoms with Crippen molar-refractivity contribution < 1.29 is 22.7 Å². The molecule has 5 nitrogen and oxygen atoms in total. The molecule has 1 aliphatic rings. The van der Waals surface area contributed by atoms with Crippen LogP contribution in [0.25, 0.3) is 0 Å². The van der Waals surface area contributed by atoms with Crippen molar-refractivity contribution in [1.82, 2.24) is 5.32 Å². The summed E-state index contributed by atoms with van der Waals surface area (Å²) in [5.41, 5.74) is 1.31. The molecule has 0 bridgehead atoms. The Bertz CT molecular complexity index is 499. The first-order chi connectivity index (χ1) is 9.41. The van der Waals surface area contributed by atoms with Gasteiger partial charge in [-0.05, 0) is 24.6 Å². The van der Waals surface area contributed by atoms with E-state index in [0.717, 1.165) is 18.2 Å². The molecule has 1 amide bonds. The van der Waals surface area contributed by atoms with Crippen molar-refractivity contribution in [3.8, 4) is 0 Å². The molecule has 1 heterocycles. The molecule has 0 saturated carbocycles. The molecule has 1 unspecified atom stereocenters. The van der Waals surface area contributed by atoms with Crippen LogP contribution in [-0.2, 0) is 10.9 Å². The molecule has 0 radical (unpaired) electrons. The maximum Gasteiger partial charge on any atom is 0.416 e. The minimum atomic E-state index is -4.52. The molecule has 1 aromatic carbocycles. The van der Waals surface area contributed by atoms with E-state index in [0.29, 0.717) is 19.6 Å². The second kappa shape index (κ2) is 5.68. The van der Waals surface area contributed by atoms with Crippen LogP contribution in [0.2, 0.25) is 0 Å². The number of benzene rings is 1. The third-order valence-electron chi connectivity index (χ3n) is 3.01. The van der Waals surface area contributed by atoms with Gasteiger partial charge >= 0.3 is 6.18 Å². The summed E-state index contributed by atoms with van der Waals surface area (Å²) in [4.78, 5) is 12.0. The van der Waals surface area contributed by atoms with Gasteiger partial charge < -0.3 is 15.5 Å². The second-order valence-electron chi connectivity index (χ2n) is 4.44. The van der Waals surface area contributed by atoms with Gasteiger partial charge in [0.25, 0.3) is 5.91 Å². The topological polar surface area (TPSA) is 76.4 Å². The number of carbonyl (C=O) groups excluding carboxylic acids is 1. The van der Waals surface area contributed by atoms with Crippen LogP contribution in [0.4, 0.5) is 18.9 Å². The summed E-state index contributed by atoms with van der Waals surface area (Å²) in [6, 6.07) is 2.58. The first-order valence-electron chi connectivity index (χ1n) is 5.98. The maximum atomic E-state index is 12.7. The average molecular weight is 289 g/mol. The number of alkyl halides is 3. The summed E-state index contributed by atoms with van der Waals surface area (Å²) in [6.45, 7) is 0.881. The lowest BCUT2D eigenvalue weighted by Crippen LogP contribution is -2.35. The van der Waals surface area contributed by atoms with Gasteiger partial charge in [0.1, 0.15) is 0 Å². The molecular weight excluding hydrogens is 275 g/mol. The minimum absolute atomic E-state index is 0.134. The molecule has 1 aliphatic heterocycles. The number of rotatable bonds is 3. The number of anilines is 1. The highest BCUT2D eigenvalue weighted by atomic mass is 19.4. The molecule has 4 N–H and O–H groups in total. The highest BCUT2D eigenvalue weighted by molar-refractivity contribution is 6.00. The number of ether oxygens (including phenoxy) is 1. The standard InChI is InChI=1S/C12H14F3N3O2/c13-12(14,15)7-1-2-10(18-16)9(5-7)11(19)17-8-3-4-20-6-8/h1-2,5,8,18H,3-4,6,16H2,(H,17,19). The molecule has 1 fully saturated rings. The van der Waals surface area contributed by atoms with Crippen molar-refractivity contribution in [2.75, 3.05) is 18.6 Å². The fraction of sp³-hybridized carbons (Fsp3) is 0.417. The van der Waals surface area contributed by atoms with Crippen molar-refractivity contribution in [2.45, 2.75) is 18.6 Å². The smallest absolute Gasteiger partial charge is 0.379 e. The Hall–Kier alpha value is -1.80. The number of halogens is 3. The molecule has 1 atom stereocenters. The van der Waals surface area contributed by atoms with Crippen LogP contribution >= 0.6 is 0 Å². The number of nitrogen functional groups attached to an aromatic ring is 1. The molecule has 1 aromatic rings. The zero-order chi connectivity index (χ0) is 14.8. The van der Waals surface area contributed by atoms with Crippen LogP contribution in [-0.4, -0.2) is 25.2 Å². The van der Waals surface area contributed by atoms with Gasteiger partial charge in [-0.3, -0.25) is 10.6 Å². The van der Waals surface area contributed by atoms with Gasteiger partial charge in [0.15, 0.2) is 0 Å². The van der Waals surface area contributed by atoms with E-state index in [4.69, 9.17) is 10.6 Å². The van der Waals surface area contributed by atoms with E-state index in [9.17, 15) is 18.0 Å². The molecule has 0 spiro atoms. The van der Waals surface area contributed by atoms with Crippen molar-refractivity contribution in [3.63, 3.8) is 0 Å². The molecule has 2 rings (SSSR count). The quantitative estimate of drug-likeness (QED) is 0.582. The van der Waals surface area contributed by atoms with E-state index in [1.165, 1.54) is 0 Å². The second-order valence-corrected chi connectivity index (χ2v) is 4.44. The summed E-state index contributed by atoms with van der Waals surface area (Å²) in [7, 11) is 0. The highest BCUT2D eigenvalue weighted by Crippen LogP contribution is 2.31. The zero-order valence-electron chi connectivity index (χ0n) is 10.5. The Morgan fingerprint density at radius 3 is 2.70 bits per heavy atom. The van der Waals surface area contributed by atoms with Crippen LogP contribution in [0.5, 0.6) is 0 Å². The number of nitrogens with one attached hydrogen (secondary N) is 2. The Balaban J connectivity index is 2.25. The van der Waals surface area contributed by atoms with Crippen molar-refractivity contribution >= 4 is 11.6 Å². The predicted molar refractivity (Wildman–Crippen MR) is 65.9 cm³/mol. The van der Waals surface area contributed by atoms with E-state index in [-0.39, 0.29) is 17.3 Å². The van der Waals surface area contributed by atoms with E-state index in [1.54, 1.807) is 0 Å². The lowest BCUT2D eigenvalue weighted by atomic mass is 10.1. The Labute approximate surface area is 113 Å². The van der Waals surface area contributed by atoms with Gasteiger partial charge in [-0.15, -0.1) is 0 Å². The lowest BCUT2D eigenvalue weighted by molar-refractivity contribution is -0.137. The fourth-order valence-electron chi connectivity index (χ4n) is 1.95. The van der Waals surface area contributed by atoms with Crippen molar-refractivity contribution in [2.24, 2.45) is 5.84 Å². The monoisotopic (exact) mass is 289 g/mol. The highest BCUT2D eigenvalue weighted by Gasteiger charge is 2.32. The summed E-state index contributed by atoms with van der Waals surface area (Å²) < 4.78 is 43.1. The summed E-state index contributed by atoms with van der Waals surface area (Å²) in [5.74, 6) is 4.61. The number of carbonyl (C=O) groups is 1. The van der Waals surface area contributed by atoms with Crippen molar-refractivity contribution in [1.29, 1.82) is 0 Å². The first kappa shape index (κ1) is 14.6. The van der Waals surface area contributed by atoms with Gasteiger partial charge in [0, 0.05) is 6.61 Å². The third-order valence-corrected chi connectivity index (χ3v) is 3.01. The van der Waals surface area contributed by atoms with Gasteiger partial charge in [0.2, 0.25) is 0 Å². The van der Waals surface area contributed by atoms with E-state index in [1.807, 2.05) is 0 Å². The van der Waals surface area contributed by atoms with E-state index in [2.05, 4.69) is 10.7 Å².